The summed E-state index contributed by atoms with van der Waals surface area (Å²) < 4.78 is 150. The van der Waals surface area contributed by atoms with Crippen LogP contribution in [-0.2, 0) is 29.7 Å². The number of fused-ring (bicyclic) bond motifs is 5. The molecule has 1 aliphatic heterocycles. The molecule has 11 nitrogen and oxygen atoms in total. The summed E-state index contributed by atoms with van der Waals surface area (Å²) in [5, 5.41) is 12.0. The molecule has 74 heavy (non-hydrogen) atoms. The first kappa shape index (κ1) is 62.3. The number of ether oxygens (including phenoxy) is 3. The number of unbranched alkanes of at least 4 members (excludes halogenated alkanes) is 5. The zero-order valence-corrected chi connectivity index (χ0v) is 45.2. The van der Waals surface area contributed by atoms with Crippen LogP contribution in [0.25, 0.3) is 0 Å². The minimum Gasteiger partial charge on any atom is -0.494 e. The summed E-state index contributed by atoms with van der Waals surface area (Å²) in [5.74, 6) is 2.01. The SMILES string of the molecule is CC(C)N(C(C)C)P(OCCC#N)OCCCCCCCCC(=O)NCCCN1CCN(CCCOc2ccc3c(c2)CC[C@@H]2[C@@H]3CC[C@]3(C)[C@@H](OCCCOC(C(F)(F)F)(C(F)(F)F)C(F)(F)F)CC[C@@H]23)CC1. The Labute approximate surface area is 435 Å². The van der Waals surface area contributed by atoms with Gasteiger partial charge < -0.3 is 38.4 Å². The van der Waals surface area contributed by atoms with E-state index in [1.54, 1.807) is 0 Å². The molecule has 0 bridgehead atoms. The molecule has 0 radical (unpaired) electrons. The van der Waals surface area contributed by atoms with Crippen molar-refractivity contribution >= 4 is 14.4 Å². The fraction of sp³-hybridized carbons (Fsp3) is 0.849. The maximum Gasteiger partial charge on any atom is 0.435 e. The van der Waals surface area contributed by atoms with Crippen LogP contribution in [0.15, 0.2) is 18.2 Å². The van der Waals surface area contributed by atoms with Gasteiger partial charge in [-0.1, -0.05) is 38.7 Å². The first-order valence-corrected chi connectivity index (χ1v) is 28.3. The smallest absolute Gasteiger partial charge is 0.435 e. The van der Waals surface area contributed by atoms with Crippen molar-refractivity contribution in [2.24, 2.45) is 17.3 Å². The van der Waals surface area contributed by atoms with Crippen molar-refractivity contribution in [3.05, 3.63) is 29.3 Å². The minimum atomic E-state index is -6.75. The molecule has 0 aromatic heterocycles. The molecule has 424 valence electrons. The molecule has 2 saturated carbocycles. The van der Waals surface area contributed by atoms with E-state index in [9.17, 15) is 44.3 Å². The Balaban J connectivity index is 0.890. The third kappa shape index (κ3) is 16.8. The molecular formula is C53H83F9N5O6P. The molecule has 21 heteroatoms. The van der Waals surface area contributed by atoms with E-state index in [0.29, 0.717) is 63.4 Å². The molecule has 1 saturated heterocycles. The molecule has 0 spiro atoms. The number of nitriles is 1. The Morgan fingerprint density at radius 2 is 1.39 bits per heavy atom. The molecule has 1 N–H and O–H groups in total. The highest BCUT2D eigenvalue weighted by Gasteiger charge is 2.85. The van der Waals surface area contributed by atoms with E-state index in [1.807, 2.05) is 6.07 Å². The van der Waals surface area contributed by atoms with Crippen LogP contribution in [0.1, 0.15) is 154 Å². The summed E-state index contributed by atoms with van der Waals surface area (Å²) in [6, 6.07) is 9.10. The van der Waals surface area contributed by atoms with E-state index in [0.717, 1.165) is 128 Å². The normalized spacial score (nSPS) is 23.5. The third-order valence-electron chi connectivity index (χ3n) is 15.7. The Morgan fingerprint density at radius 1 is 0.770 bits per heavy atom. The summed E-state index contributed by atoms with van der Waals surface area (Å²) in [5.41, 5.74) is -3.93. The first-order chi connectivity index (χ1) is 35.0. The molecule has 3 fully saturated rings. The zero-order valence-electron chi connectivity index (χ0n) is 44.3. The van der Waals surface area contributed by atoms with Crippen molar-refractivity contribution in [3.8, 4) is 11.8 Å². The van der Waals surface area contributed by atoms with Crippen LogP contribution in [0.2, 0.25) is 0 Å². The van der Waals surface area contributed by atoms with Gasteiger partial charge in [0.05, 0.1) is 45.0 Å². The summed E-state index contributed by atoms with van der Waals surface area (Å²) in [7, 11) is -1.19. The van der Waals surface area contributed by atoms with E-state index < -0.39 is 45.7 Å². The number of hydrogen-bond acceptors (Lipinski definition) is 10. The van der Waals surface area contributed by atoms with Gasteiger partial charge in [0.1, 0.15) is 5.75 Å². The van der Waals surface area contributed by atoms with Crippen LogP contribution in [-0.4, -0.2) is 142 Å². The minimum absolute atomic E-state index is 0.128. The second kappa shape index (κ2) is 28.9. The van der Waals surface area contributed by atoms with Crippen LogP contribution < -0.4 is 10.1 Å². The van der Waals surface area contributed by atoms with E-state index >= 15 is 0 Å². The molecule has 1 amide bonds. The van der Waals surface area contributed by atoms with Crippen LogP contribution in [0.4, 0.5) is 39.5 Å². The molecule has 3 aliphatic carbocycles. The number of rotatable bonds is 31. The predicted octanol–water partition coefficient (Wildman–Crippen LogP) is 12.7. The topological polar surface area (TPSA) is 109 Å². The van der Waals surface area contributed by atoms with Gasteiger partial charge in [-0.2, -0.15) is 44.8 Å². The van der Waals surface area contributed by atoms with Crippen molar-refractivity contribution in [3.63, 3.8) is 0 Å². The Bertz CT molecular complexity index is 1840. The number of nitrogens with one attached hydrogen (secondary N) is 1. The third-order valence-corrected chi connectivity index (χ3v) is 17.8. The van der Waals surface area contributed by atoms with Gasteiger partial charge in [-0.15, -0.1) is 0 Å². The molecular weight excluding hydrogens is 1000 g/mol. The summed E-state index contributed by atoms with van der Waals surface area (Å²) in [6.07, 6.45) is -7.11. The first-order valence-electron chi connectivity index (χ1n) is 27.2. The van der Waals surface area contributed by atoms with Gasteiger partial charge in [0.25, 0.3) is 8.53 Å². The number of aryl methyl sites for hydroxylation is 1. The van der Waals surface area contributed by atoms with Crippen LogP contribution >= 0.6 is 8.53 Å². The van der Waals surface area contributed by atoms with E-state index in [4.69, 9.17) is 23.8 Å². The quantitative estimate of drug-likeness (QED) is 0.0439. The van der Waals surface area contributed by atoms with E-state index in [2.05, 4.69) is 77.3 Å². The molecule has 6 atom stereocenters. The molecule has 1 heterocycles. The van der Waals surface area contributed by atoms with Crippen molar-refractivity contribution in [1.82, 2.24) is 19.8 Å². The Kier molecular flexibility index (Phi) is 24.4. The van der Waals surface area contributed by atoms with Gasteiger partial charge in [0.2, 0.25) is 5.91 Å². The number of carbonyl (C=O) groups is 1. The maximum atomic E-state index is 13.3. The lowest BCUT2D eigenvalue weighted by Gasteiger charge is -2.50. The maximum absolute atomic E-state index is 13.3. The highest BCUT2D eigenvalue weighted by atomic mass is 31.2. The summed E-state index contributed by atoms with van der Waals surface area (Å²) >= 11 is 0. The van der Waals surface area contributed by atoms with Gasteiger partial charge >= 0.3 is 24.1 Å². The van der Waals surface area contributed by atoms with Gasteiger partial charge in [-0.05, 0) is 151 Å². The van der Waals surface area contributed by atoms with E-state index in [1.165, 1.54) is 11.1 Å². The molecule has 4 aliphatic rings. The number of amides is 1. The number of benzene rings is 1. The van der Waals surface area contributed by atoms with Gasteiger partial charge in [-0.3, -0.25) is 4.79 Å². The lowest BCUT2D eigenvalue weighted by atomic mass is 9.55. The average molecular weight is 1090 g/mol. The zero-order chi connectivity index (χ0) is 54.2. The monoisotopic (exact) mass is 1090 g/mol. The predicted molar refractivity (Wildman–Crippen MR) is 266 cm³/mol. The van der Waals surface area contributed by atoms with Gasteiger partial charge in [0, 0.05) is 64.4 Å². The number of piperazine rings is 1. The number of carbonyl (C=O) groups excluding carboxylic acids is 1. The Hall–Kier alpha value is -2.50. The summed E-state index contributed by atoms with van der Waals surface area (Å²) in [6.45, 7) is 17.1. The van der Waals surface area contributed by atoms with Crippen molar-refractivity contribution < 1.29 is 67.6 Å². The largest absolute Gasteiger partial charge is 0.494 e. The van der Waals surface area contributed by atoms with Crippen LogP contribution in [0.5, 0.6) is 5.75 Å². The molecule has 1 aromatic rings. The second-order valence-electron chi connectivity index (χ2n) is 21.5. The van der Waals surface area contributed by atoms with Gasteiger partial charge in [0.15, 0.2) is 0 Å². The second-order valence-corrected chi connectivity index (χ2v) is 22.9. The van der Waals surface area contributed by atoms with Crippen LogP contribution in [0.3, 0.4) is 0 Å². The molecule has 1 aromatic carbocycles. The van der Waals surface area contributed by atoms with Crippen LogP contribution in [0, 0.1) is 28.6 Å². The lowest BCUT2D eigenvalue weighted by Crippen LogP contribution is -2.67. The standard InChI is InChI=1S/C53H83F9N5O6P/c1-39(2)67(40(3)4)74(73-37-12-25-63)72-36-11-9-7-6-8-10-16-48(68)64-26-13-27-65-29-31-66(32-30-65)28-14-33-69-42-18-20-43-41(38-42)17-19-45-44(43)23-24-49(5)46(45)21-22-47(49)70-34-15-35-71-50(51(54,55)56,52(57,58)59)53(60,61)62/h18,20,38-40,44-47H,6-17,19,21-24,26-37H2,1-5H3,(H,64,68)/t44-,45-,46+,47+,49+,74?/m1/s1. The average Bonchev–Trinajstić information content (AvgIpc) is 3.66. The number of nitrogens with zero attached hydrogens (tertiary/aromatic N) is 4. The fourth-order valence-corrected chi connectivity index (χ4v) is 13.6. The highest BCUT2D eigenvalue weighted by molar-refractivity contribution is 7.44. The highest BCUT2D eigenvalue weighted by Crippen LogP contribution is 2.62. The number of halogens is 9. The molecule has 1 unspecified atom stereocenters. The van der Waals surface area contributed by atoms with E-state index in [-0.39, 0.29) is 36.1 Å². The van der Waals surface area contributed by atoms with Gasteiger partial charge in [-0.25, -0.2) is 4.67 Å². The number of hydrogen-bond donors (Lipinski definition) is 1. The molecule has 5 rings (SSSR count). The number of alkyl halides is 9. The summed E-state index contributed by atoms with van der Waals surface area (Å²) in [4.78, 5) is 17.4. The Morgan fingerprint density at radius 3 is 2.03 bits per heavy atom. The fourth-order valence-electron chi connectivity index (χ4n) is 12.0. The van der Waals surface area contributed by atoms with Crippen molar-refractivity contribution in [2.75, 3.05) is 78.8 Å². The van der Waals surface area contributed by atoms with Crippen molar-refractivity contribution in [2.45, 2.75) is 192 Å². The van der Waals surface area contributed by atoms with Crippen molar-refractivity contribution in [1.29, 1.82) is 5.26 Å². The lowest BCUT2D eigenvalue weighted by molar-refractivity contribution is -0.457.